The van der Waals surface area contributed by atoms with E-state index in [0.717, 1.165) is 23.2 Å². The Morgan fingerprint density at radius 1 is 1.04 bits per heavy atom. The number of anilines is 1. The highest BCUT2D eigenvalue weighted by Crippen LogP contribution is 2.29. The minimum atomic E-state index is -0.397. The molecule has 0 unspecified atom stereocenters. The van der Waals surface area contributed by atoms with E-state index in [0.29, 0.717) is 22.6 Å². The molecule has 6 heteroatoms. The Morgan fingerprint density at radius 3 is 2.46 bits per heavy atom. The van der Waals surface area contributed by atoms with Crippen molar-refractivity contribution in [3.8, 4) is 0 Å². The van der Waals surface area contributed by atoms with Crippen LogP contribution in [0.2, 0.25) is 0 Å². The molecule has 2 aliphatic heterocycles. The number of nitrogens with one attached hydrogen (secondary N) is 2. The average molecular weight is 440 g/mol. The number of imide groups is 1. The topological polar surface area (TPSA) is 61.4 Å². The van der Waals surface area contributed by atoms with Crippen molar-refractivity contribution in [1.29, 1.82) is 0 Å². The van der Waals surface area contributed by atoms with E-state index in [1.807, 2.05) is 12.1 Å². The first-order chi connectivity index (χ1) is 13.5. The van der Waals surface area contributed by atoms with Gasteiger partial charge in [-0.2, -0.15) is 0 Å². The zero-order valence-electron chi connectivity index (χ0n) is 15.7. The molecule has 2 aliphatic rings. The fourth-order valence-corrected chi connectivity index (χ4v) is 4.15. The lowest BCUT2D eigenvalue weighted by Gasteiger charge is -2.29. The zero-order valence-corrected chi connectivity index (χ0v) is 17.3. The van der Waals surface area contributed by atoms with Gasteiger partial charge in [0.25, 0.3) is 11.8 Å². The largest absolute Gasteiger partial charge is 0.361 e. The van der Waals surface area contributed by atoms with Gasteiger partial charge in [-0.3, -0.25) is 14.9 Å². The van der Waals surface area contributed by atoms with Gasteiger partial charge in [-0.1, -0.05) is 28.1 Å². The average Bonchev–Trinajstić information content (AvgIpc) is 2.68. The summed E-state index contributed by atoms with van der Waals surface area (Å²) in [4.78, 5) is 26.7. The van der Waals surface area contributed by atoms with Crippen molar-refractivity contribution < 1.29 is 9.59 Å². The summed E-state index contributed by atoms with van der Waals surface area (Å²) in [5.41, 5.74) is 3.83. The predicted molar refractivity (Wildman–Crippen MR) is 114 cm³/mol. The molecule has 0 aromatic heterocycles. The molecule has 2 aromatic carbocycles. The standard InChI is InChI=1S/C22H22BrN3O2/c1-26-10-8-15(9-11-26)14-2-5-17(6-3-14)24-13-20-19-12-16(23)4-7-18(19)21(27)25-22(20)28/h2-7,12-13,15,24H,8-11H2,1H3,(H,25,27,28). The third-order valence-corrected chi connectivity index (χ3v) is 5.97. The maximum absolute atomic E-state index is 12.3. The minimum absolute atomic E-state index is 0.368. The van der Waals surface area contributed by atoms with Gasteiger partial charge in [0.2, 0.25) is 0 Å². The molecule has 0 radical (unpaired) electrons. The quantitative estimate of drug-likeness (QED) is 0.560. The van der Waals surface area contributed by atoms with Crippen LogP contribution in [-0.2, 0) is 4.79 Å². The molecule has 144 valence electrons. The van der Waals surface area contributed by atoms with Crippen LogP contribution < -0.4 is 10.6 Å². The summed E-state index contributed by atoms with van der Waals surface area (Å²) >= 11 is 3.41. The number of hydrogen-bond donors (Lipinski definition) is 2. The highest BCUT2D eigenvalue weighted by atomic mass is 79.9. The van der Waals surface area contributed by atoms with Crippen LogP contribution in [0.4, 0.5) is 5.69 Å². The number of halogens is 1. The van der Waals surface area contributed by atoms with Crippen molar-refractivity contribution in [3.63, 3.8) is 0 Å². The van der Waals surface area contributed by atoms with E-state index in [4.69, 9.17) is 0 Å². The number of amides is 2. The Hall–Kier alpha value is -2.44. The monoisotopic (exact) mass is 439 g/mol. The van der Waals surface area contributed by atoms with Gasteiger partial charge < -0.3 is 10.2 Å². The van der Waals surface area contributed by atoms with Crippen molar-refractivity contribution in [2.75, 3.05) is 25.5 Å². The molecule has 1 fully saturated rings. The molecule has 0 saturated carbocycles. The SMILES string of the molecule is CN1CCC(c2ccc(NC=C3C(=O)NC(=O)c4ccc(Br)cc43)cc2)CC1. The second-order valence-electron chi connectivity index (χ2n) is 7.38. The third-order valence-electron chi connectivity index (χ3n) is 5.47. The first kappa shape index (κ1) is 18.9. The molecule has 4 rings (SSSR count). The Bertz CT molecular complexity index is 945. The summed E-state index contributed by atoms with van der Waals surface area (Å²) in [6.07, 6.45) is 4.04. The van der Waals surface area contributed by atoms with Crippen LogP contribution in [0.25, 0.3) is 5.57 Å². The van der Waals surface area contributed by atoms with Crippen LogP contribution >= 0.6 is 15.9 Å². The predicted octanol–water partition coefficient (Wildman–Crippen LogP) is 3.98. The van der Waals surface area contributed by atoms with Crippen molar-refractivity contribution in [3.05, 3.63) is 69.8 Å². The Morgan fingerprint density at radius 2 is 1.75 bits per heavy atom. The Kier molecular flexibility index (Phi) is 5.33. The number of benzene rings is 2. The van der Waals surface area contributed by atoms with Gasteiger partial charge in [-0.05, 0) is 74.8 Å². The second-order valence-corrected chi connectivity index (χ2v) is 8.29. The normalized spacial score (nSPS) is 19.4. The summed E-state index contributed by atoms with van der Waals surface area (Å²) in [5.74, 6) is -0.152. The molecule has 2 heterocycles. The number of rotatable bonds is 3. The fourth-order valence-electron chi connectivity index (χ4n) is 3.79. The molecular formula is C22H22BrN3O2. The van der Waals surface area contributed by atoms with Gasteiger partial charge in [0, 0.05) is 27.5 Å². The van der Waals surface area contributed by atoms with E-state index in [1.165, 1.54) is 18.4 Å². The first-order valence-electron chi connectivity index (χ1n) is 9.42. The number of hydrogen-bond acceptors (Lipinski definition) is 4. The molecule has 2 amide bonds. The smallest absolute Gasteiger partial charge is 0.260 e. The van der Waals surface area contributed by atoms with Gasteiger partial charge in [0.15, 0.2) is 0 Å². The summed E-state index contributed by atoms with van der Waals surface area (Å²) in [7, 11) is 2.17. The number of piperidine rings is 1. The van der Waals surface area contributed by atoms with Gasteiger partial charge >= 0.3 is 0 Å². The van der Waals surface area contributed by atoms with Crippen LogP contribution in [0.15, 0.2) is 53.1 Å². The summed E-state index contributed by atoms with van der Waals surface area (Å²) < 4.78 is 0.821. The van der Waals surface area contributed by atoms with Crippen molar-refractivity contribution >= 4 is 39.0 Å². The molecular weight excluding hydrogens is 418 g/mol. The maximum atomic E-state index is 12.3. The lowest BCUT2D eigenvalue weighted by atomic mass is 9.89. The van der Waals surface area contributed by atoms with E-state index in [9.17, 15) is 9.59 Å². The van der Waals surface area contributed by atoms with Gasteiger partial charge in [-0.25, -0.2) is 0 Å². The number of carbonyl (C=O) groups is 2. The lowest BCUT2D eigenvalue weighted by Crippen LogP contribution is -2.36. The molecule has 0 bridgehead atoms. The van der Waals surface area contributed by atoms with Crippen molar-refractivity contribution in [1.82, 2.24) is 10.2 Å². The highest BCUT2D eigenvalue weighted by molar-refractivity contribution is 9.10. The van der Waals surface area contributed by atoms with Gasteiger partial charge in [0.05, 0.1) is 5.57 Å². The zero-order chi connectivity index (χ0) is 19.7. The van der Waals surface area contributed by atoms with Crippen LogP contribution in [0.1, 0.15) is 40.2 Å². The first-order valence-corrected chi connectivity index (χ1v) is 10.2. The maximum Gasteiger partial charge on any atom is 0.260 e. The van der Waals surface area contributed by atoms with Gasteiger partial charge in [-0.15, -0.1) is 0 Å². The summed E-state index contributed by atoms with van der Waals surface area (Å²) in [6.45, 7) is 2.28. The molecule has 28 heavy (non-hydrogen) atoms. The molecule has 0 atom stereocenters. The number of carbonyl (C=O) groups excluding carboxylic acids is 2. The summed E-state index contributed by atoms with van der Waals surface area (Å²) in [5, 5.41) is 5.59. The minimum Gasteiger partial charge on any atom is -0.361 e. The van der Waals surface area contributed by atoms with E-state index >= 15 is 0 Å². The molecule has 0 aliphatic carbocycles. The highest BCUT2D eigenvalue weighted by Gasteiger charge is 2.27. The van der Waals surface area contributed by atoms with E-state index in [1.54, 1.807) is 24.4 Å². The third kappa shape index (κ3) is 3.88. The van der Waals surface area contributed by atoms with Crippen molar-refractivity contribution in [2.45, 2.75) is 18.8 Å². The van der Waals surface area contributed by atoms with E-state index < -0.39 is 5.91 Å². The fraction of sp³-hybridized carbons (Fsp3) is 0.273. The second kappa shape index (κ2) is 7.89. The van der Waals surface area contributed by atoms with E-state index in [-0.39, 0.29) is 5.91 Å². The molecule has 0 spiro atoms. The lowest BCUT2D eigenvalue weighted by molar-refractivity contribution is -0.114. The number of likely N-dealkylation sites (tertiary alicyclic amines) is 1. The van der Waals surface area contributed by atoms with Crippen LogP contribution in [0, 0.1) is 0 Å². The van der Waals surface area contributed by atoms with Crippen LogP contribution in [-0.4, -0.2) is 36.9 Å². The Balaban J connectivity index is 1.53. The van der Waals surface area contributed by atoms with Crippen LogP contribution in [0.5, 0.6) is 0 Å². The van der Waals surface area contributed by atoms with E-state index in [2.05, 4.69) is 50.6 Å². The molecule has 2 N–H and O–H groups in total. The molecule has 2 aromatic rings. The number of fused-ring (bicyclic) bond motifs is 1. The Labute approximate surface area is 172 Å². The number of nitrogens with zero attached hydrogens (tertiary/aromatic N) is 1. The van der Waals surface area contributed by atoms with Crippen LogP contribution in [0.3, 0.4) is 0 Å². The molecule has 5 nitrogen and oxygen atoms in total. The van der Waals surface area contributed by atoms with Crippen molar-refractivity contribution in [2.24, 2.45) is 0 Å². The molecule has 1 saturated heterocycles. The summed E-state index contributed by atoms with van der Waals surface area (Å²) in [6, 6.07) is 13.7. The van der Waals surface area contributed by atoms with Gasteiger partial charge in [0.1, 0.15) is 0 Å².